The number of hydrogen-bond donors (Lipinski definition) is 1. The Balaban J connectivity index is 2.33. The van der Waals surface area contributed by atoms with Gasteiger partial charge in [0, 0.05) is 25.4 Å². The van der Waals surface area contributed by atoms with Crippen molar-refractivity contribution in [3.05, 3.63) is 0 Å². The van der Waals surface area contributed by atoms with Gasteiger partial charge in [0.2, 0.25) is 0 Å². The third-order valence-electron chi connectivity index (χ3n) is 2.62. The summed E-state index contributed by atoms with van der Waals surface area (Å²) in [6.07, 6.45) is 2.82. The quantitative estimate of drug-likeness (QED) is 0.736. The van der Waals surface area contributed by atoms with Gasteiger partial charge in [0.1, 0.15) is 5.78 Å². The first-order chi connectivity index (χ1) is 6.38. The second kappa shape index (κ2) is 4.41. The van der Waals surface area contributed by atoms with Crippen molar-refractivity contribution in [1.29, 1.82) is 0 Å². The molecule has 0 spiro atoms. The van der Waals surface area contributed by atoms with E-state index in [0.29, 0.717) is 12.3 Å². The highest BCUT2D eigenvalue weighted by Crippen LogP contribution is 2.22. The van der Waals surface area contributed by atoms with E-state index >= 15 is 0 Å². The molecule has 0 saturated heterocycles. The molecule has 1 saturated carbocycles. The standard InChI is InChI=1S/C11H21NO2/c1-11(2,14)8-12(3)7-9-5-4-6-10(9)13/h9,14H,4-8H2,1-3H3. The van der Waals surface area contributed by atoms with Crippen LogP contribution in [0.5, 0.6) is 0 Å². The third kappa shape index (κ3) is 3.76. The average Bonchev–Trinajstić information content (AvgIpc) is 2.32. The Kier molecular flexibility index (Phi) is 3.67. The maximum atomic E-state index is 11.4. The first kappa shape index (κ1) is 11.7. The maximum Gasteiger partial charge on any atom is 0.137 e. The summed E-state index contributed by atoms with van der Waals surface area (Å²) in [5, 5.41) is 9.60. The van der Waals surface area contributed by atoms with Gasteiger partial charge in [0.15, 0.2) is 0 Å². The fraction of sp³-hybridized carbons (Fsp3) is 0.909. The highest BCUT2D eigenvalue weighted by Gasteiger charge is 2.26. The van der Waals surface area contributed by atoms with E-state index < -0.39 is 5.60 Å². The Labute approximate surface area is 86.1 Å². The lowest BCUT2D eigenvalue weighted by Crippen LogP contribution is -2.39. The molecule has 1 N–H and O–H groups in total. The van der Waals surface area contributed by atoms with Crippen LogP contribution in [0.1, 0.15) is 33.1 Å². The first-order valence-corrected chi connectivity index (χ1v) is 5.32. The Morgan fingerprint density at radius 3 is 2.64 bits per heavy atom. The van der Waals surface area contributed by atoms with Crippen molar-refractivity contribution < 1.29 is 9.90 Å². The SMILES string of the molecule is CN(CC1CCCC1=O)CC(C)(C)O. The molecule has 0 radical (unpaired) electrons. The smallest absolute Gasteiger partial charge is 0.137 e. The molecule has 1 atom stereocenters. The predicted octanol–water partition coefficient (Wildman–Crippen LogP) is 1.06. The van der Waals surface area contributed by atoms with Gasteiger partial charge in [-0.25, -0.2) is 0 Å². The van der Waals surface area contributed by atoms with E-state index in [9.17, 15) is 9.90 Å². The Morgan fingerprint density at radius 2 is 2.21 bits per heavy atom. The summed E-state index contributed by atoms with van der Waals surface area (Å²) in [7, 11) is 1.96. The lowest BCUT2D eigenvalue weighted by Gasteiger charge is -2.27. The van der Waals surface area contributed by atoms with Crippen LogP contribution in [0, 0.1) is 5.92 Å². The van der Waals surface area contributed by atoms with Gasteiger partial charge in [-0.1, -0.05) is 0 Å². The molecule has 0 aromatic rings. The molecule has 82 valence electrons. The van der Waals surface area contributed by atoms with Gasteiger partial charge in [-0.05, 0) is 33.7 Å². The van der Waals surface area contributed by atoms with E-state index in [4.69, 9.17) is 0 Å². The van der Waals surface area contributed by atoms with Gasteiger partial charge in [0.05, 0.1) is 5.60 Å². The minimum Gasteiger partial charge on any atom is -0.389 e. The van der Waals surface area contributed by atoms with Crippen LogP contribution in [-0.2, 0) is 4.79 Å². The zero-order chi connectivity index (χ0) is 10.8. The lowest BCUT2D eigenvalue weighted by molar-refractivity contribution is -0.121. The van der Waals surface area contributed by atoms with Crippen LogP contribution in [0.4, 0.5) is 0 Å². The molecule has 1 unspecified atom stereocenters. The molecule has 0 aromatic heterocycles. The van der Waals surface area contributed by atoms with Crippen molar-refractivity contribution in [2.75, 3.05) is 20.1 Å². The van der Waals surface area contributed by atoms with Crippen LogP contribution in [-0.4, -0.2) is 41.5 Å². The van der Waals surface area contributed by atoms with E-state index in [2.05, 4.69) is 0 Å². The molecule has 0 bridgehead atoms. The zero-order valence-electron chi connectivity index (χ0n) is 9.42. The Hall–Kier alpha value is -0.410. The van der Waals surface area contributed by atoms with E-state index in [-0.39, 0.29) is 5.92 Å². The maximum absolute atomic E-state index is 11.4. The largest absolute Gasteiger partial charge is 0.389 e. The van der Waals surface area contributed by atoms with Crippen molar-refractivity contribution in [1.82, 2.24) is 4.90 Å². The van der Waals surface area contributed by atoms with Crippen molar-refractivity contribution >= 4 is 5.78 Å². The van der Waals surface area contributed by atoms with Crippen LogP contribution >= 0.6 is 0 Å². The molecule has 0 heterocycles. The summed E-state index contributed by atoms with van der Waals surface area (Å²) in [4.78, 5) is 13.4. The molecular weight excluding hydrogens is 178 g/mol. The molecule has 3 nitrogen and oxygen atoms in total. The summed E-state index contributed by atoms with van der Waals surface area (Å²) < 4.78 is 0. The fourth-order valence-corrected chi connectivity index (χ4v) is 2.18. The number of aliphatic hydroxyl groups is 1. The van der Waals surface area contributed by atoms with Crippen molar-refractivity contribution in [2.24, 2.45) is 5.92 Å². The molecule has 3 heteroatoms. The van der Waals surface area contributed by atoms with Crippen LogP contribution in [0.15, 0.2) is 0 Å². The number of carbonyl (C=O) groups is 1. The minimum absolute atomic E-state index is 0.211. The summed E-state index contributed by atoms with van der Waals surface area (Å²) in [6, 6.07) is 0. The van der Waals surface area contributed by atoms with Crippen molar-refractivity contribution in [3.63, 3.8) is 0 Å². The fourth-order valence-electron chi connectivity index (χ4n) is 2.18. The summed E-state index contributed by atoms with van der Waals surface area (Å²) in [5.74, 6) is 0.606. The normalized spacial score (nSPS) is 23.5. The summed E-state index contributed by atoms with van der Waals surface area (Å²) >= 11 is 0. The molecule has 0 aliphatic heterocycles. The number of likely N-dealkylation sites (N-methyl/N-ethyl adjacent to an activating group) is 1. The third-order valence-corrected chi connectivity index (χ3v) is 2.62. The monoisotopic (exact) mass is 199 g/mol. The number of carbonyl (C=O) groups excluding carboxylic acids is 1. The highest BCUT2D eigenvalue weighted by atomic mass is 16.3. The average molecular weight is 199 g/mol. The number of ketones is 1. The minimum atomic E-state index is -0.670. The van der Waals surface area contributed by atoms with Gasteiger partial charge >= 0.3 is 0 Å². The van der Waals surface area contributed by atoms with Crippen molar-refractivity contribution in [2.45, 2.75) is 38.7 Å². The van der Waals surface area contributed by atoms with E-state index in [0.717, 1.165) is 25.8 Å². The van der Waals surface area contributed by atoms with Crippen LogP contribution in [0.3, 0.4) is 0 Å². The topological polar surface area (TPSA) is 40.5 Å². The second-order valence-electron chi connectivity index (χ2n) is 5.06. The second-order valence-corrected chi connectivity index (χ2v) is 5.06. The number of rotatable bonds is 4. The summed E-state index contributed by atoms with van der Waals surface area (Å²) in [6.45, 7) is 5.00. The lowest BCUT2D eigenvalue weighted by atomic mass is 10.1. The molecule has 0 amide bonds. The molecule has 1 fully saturated rings. The molecular formula is C11H21NO2. The molecule has 1 aliphatic carbocycles. The Morgan fingerprint density at radius 1 is 1.57 bits per heavy atom. The van der Waals surface area contributed by atoms with Gasteiger partial charge in [0.25, 0.3) is 0 Å². The highest BCUT2D eigenvalue weighted by molar-refractivity contribution is 5.83. The molecule has 1 aliphatic rings. The van der Waals surface area contributed by atoms with Crippen LogP contribution in [0.2, 0.25) is 0 Å². The van der Waals surface area contributed by atoms with E-state index in [1.165, 1.54) is 0 Å². The zero-order valence-corrected chi connectivity index (χ0v) is 9.42. The first-order valence-electron chi connectivity index (χ1n) is 5.32. The number of nitrogens with zero attached hydrogens (tertiary/aromatic N) is 1. The molecule has 1 rings (SSSR count). The Bertz CT molecular complexity index is 208. The predicted molar refractivity (Wildman–Crippen MR) is 56.1 cm³/mol. The van der Waals surface area contributed by atoms with Gasteiger partial charge < -0.3 is 10.0 Å². The van der Waals surface area contributed by atoms with E-state index in [1.54, 1.807) is 13.8 Å². The molecule has 0 aromatic carbocycles. The van der Waals surface area contributed by atoms with Crippen LogP contribution in [0.25, 0.3) is 0 Å². The van der Waals surface area contributed by atoms with Gasteiger partial charge in [-0.15, -0.1) is 0 Å². The van der Waals surface area contributed by atoms with Gasteiger partial charge in [-0.3, -0.25) is 4.79 Å². The van der Waals surface area contributed by atoms with Crippen molar-refractivity contribution in [3.8, 4) is 0 Å². The summed E-state index contributed by atoms with van der Waals surface area (Å²) in [5.41, 5.74) is -0.670. The number of hydrogen-bond acceptors (Lipinski definition) is 3. The van der Waals surface area contributed by atoms with Gasteiger partial charge in [-0.2, -0.15) is 0 Å². The molecule has 14 heavy (non-hydrogen) atoms. The van der Waals surface area contributed by atoms with Crippen LogP contribution < -0.4 is 0 Å². The van der Waals surface area contributed by atoms with E-state index in [1.807, 2.05) is 11.9 Å². The number of Topliss-reactive ketones (excluding diaryl/α,β-unsaturated/α-hetero) is 1.